The predicted octanol–water partition coefficient (Wildman–Crippen LogP) is 0.717. The molecule has 94 valence electrons. The summed E-state index contributed by atoms with van der Waals surface area (Å²) in [6.07, 6.45) is 1.41. The fourth-order valence-electron chi connectivity index (χ4n) is 1.21. The van der Waals surface area contributed by atoms with Crippen LogP contribution in [0.25, 0.3) is 0 Å². The Morgan fingerprint density at radius 1 is 1.53 bits per heavy atom. The number of aromatic nitrogens is 2. The zero-order valence-electron chi connectivity index (χ0n) is 10.6. The summed E-state index contributed by atoms with van der Waals surface area (Å²) in [7, 11) is 1.55. The number of nitrogens with zero attached hydrogens (tertiary/aromatic N) is 2. The van der Waals surface area contributed by atoms with E-state index in [1.54, 1.807) is 21.0 Å². The van der Waals surface area contributed by atoms with Crippen molar-refractivity contribution in [1.82, 2.24) is 9.97 Å². The van der Waals surface area contributed by atoms with Crippen molar-refractivity contribution >= 4 is 11.7 Å². The number of methoxy groups -OCH3 is 1. The second-order valence-electron chi connectivity index (χ2n) is 4.46. The van der Waals surface area contributed by atoms with Gasteiger partial charge in [-0.2, -0.15) is 0 Å². The number of anilines is 1. The summed E-state index contributed by atoms with van der Waals surface area (Å²) in [5.74, 6) is 0.800. The summed E-state index contributed by atoms with van der Waals surface area (Å²) in [4.78, 5) is 19.2. The summed E-state index contributed by atoms with van der Waals surface area (Å²) in [6.45, 7) is 5.80. The molecule has 0 atom stereocenters. The lowest BCUT2D eigenvalue weighted by atomic mass is 9.93. The van der Waals surface area contributed by atoms with E-state index in [1.807, 2.05) is 6.92 Å². The van der Waals surface area contributed by atoms with Crippen molar-refractivity contribution in [1.29, 1.82) is 0 Å². The molecule has 1 aromatic heterocycles. The number of hydrogen-bond acceptors (Lipinski definition) is 5. The third-order valence-corrected chi connectivity index (χ3v) is 2.60. The maximum atomic E-state index is 11.2. The van der Waals surface area contributed by atoms with E-state index in [4.69, 9.17) is 10.5 Å². The lowest BCUT2D eigenvalue weighted by Crippen LogP contribution is -2.37. The predicted molar refractivity (Wildman–Crippen MR) is 64.8 cm³/mol. The number of hydrogen-bond donors (Lipinski definition) is 2. The van der Waals surface area contributed by atoms with Crippen molar-refractivity contribution in [2.45, 2.75) is 20.8 Å². The molecular weight excluding hydrogens is 220 g/mol. The van der Waals surface area contributed by atoms with Gasteiger partial charge in [0.05, 0.1) is 18.1 Å². The molecule has 1 aromatic rings. The van der Waals surface area contributed by atoms with Crippen LogP contribution < -0.4 is 15.8 Å². The molecule has 0 radical (unpaired) electrons. The molecule has 1 amide bonds. The second kappa shape index (κ2) is 4.99. The molecule has 0 saturated carbocycles. The van der Waals surface area contributed by atoms with E-state index in [1.165, 1.54) is 6.33 Å². The first-order valence-electron chi connectivity index (χ1n) is 5.28. The average molecular weight is 238 g/mol. The Kier molecular flexibility index (Phi) is 3.88. The van der Waals surface area contributed by atoms with E-state index >= 15 is 0 Å². The zero-order valence-corrected chi connectivity index (χ0v) is 10.6. The van der Waals surface area contributed by atoms with E-state index in [0.29, 0.717) is 18.2 Å². The summed E-state index contributed by atoms with van der Waals surface area (Å²) >= 11 is 0. The van der Waals surface area contributed by atoms with Crippen molar-refractivity contribution in [3.63, 3.8) is 0 Å². The molecule has 0 spiro atoms. The molecule has 0 unspecified atom stereocenters. The topological polar surface area (TPSA) is 90.1 Å². The van der Waals surface area contributed by atoms with Crippen LogP contribution in [0, 0.1) is 12.3 Å². The zero-order chi connectivity index (χ0) is 13.1. The highest BCUT2D eigenvalue weighted by Crippen LogP contribution is 2.21. The fraction of sp³-hybridized carbons (Fsp3) is 0.545. The minimum absolute atomic E-state index is 0.358. The van der Waals surface area contributed by atoms with Crippen LogP contribution in [0.1, 0.15) is 19.4 Å². The Morgan fingerprint density at radius 3 is 2.71 bits per heavy atom. The molecule has 17 heavy (non-hydrogen) atoms. The highest BCUT2D eigenvalue weighted by molar-refractivity contribution is 5.80. The van der Waals surface area contributed by atoms with Crippen LogP contribution in [0.4, 0.5) is 5.82 Å². The number of nitrogens with two attached hydrogens (primary N) is 1. The summed E-state index contributed by atoms with van der Waals surface area (Å²) in [6, 6.07) is 0. The molecule has 1 heterocycles. The molecule has 0 fully saturated rings. The van der Waals surface area contributed by atoms with Gasteiger partial charge in [0, 0.05) is 6.54 Å². The summed E-state index contributed by atoms with van der Waals surface area (Å²) in [5, 5.41) is 3.08. The third-order valence-electron chi connectivity index (χ3n) is 2.60. The maximum absolute atomic E-state index is 11.2. The van der Waals surface area contributed by atoms with Gasteiger partial charge in [0.15, 0.2) is 0 Å². The number of rotatable bonds is 5. The summed E-state index contributed by atoms with van der Waals surface area (Å²) < 4.78 is 5.08. The quantitative estimate of drug-likeness (QED) is 0.788. The lowest BCUT2D eigenvalue weighted by molar-refractivity contribution is -0.125. The molecule has 0 aliphatic carbocycles. The van der Waals surface area contributed by atoms with Crippen LogP contribution in [0.5, 0.6) is 5.88 Å². The highest BCUT2D eigenvalue weighted by atomic mass is 16.5. The average Bonchev–Trinajstić information content (AvgIpc) is 2.27. The van der Waals surface area contributed by atoms with Crippen LogP contribution in [0.2, 0.25) is 0 Å². The van der Waals surface area contributed by atoms with Gasteiger partial charge >= 0.3 is 0 Å². The Bertz CT molecular complexity index is 418. The van der Waals surface area contributed by atoms with Gasteiger partial charge in [0.25, 0.3) is 0 Å². The Labute approximate surface area is 101 Å². The van der Waals surface area contributed by atoms with Gasteiger partial charge < -0.3 is 15.8 Å². The van der Waals surface area contributed by atoms with Gasteiger partial charge in [-0.25, -0.2) is 9.97 Å². The van der Waals surface area contributed by atoms with Crippen molar-refractivity contribution in [3.8, 4) is 5.88 Å². The molecule has 3 N–H and O–H groups in total. The molecule has 0 aliphatic heterocycles. The molecule has 1 rings (SSSR count). The van der Waals surface area contributed by atoms with Crippen LogP contribution in [-0.2, 0) is 4.79 Å². The molecule has 0 bridgehead atoms. The number of ether oxygens (including phenoxy) is 1. The van der Waals surface area contributed by atoms with E-state index < -0.39 is 5.41 Å². The van der Waals surface area contributed by atoms with Gasteiger partial charge in [-0.3, -0.25) is 4.79 Å². The molecule has 6 nitrogen and oxygen atoms in total. The number of carbonyl (C=O) groups excluding carboxylic acids is 1. The standard InChI is InChI=1S/C11H18N4O2/c1-7-8(14-6-15-9(7)17-4)13-5-11(2,3)10(12)16/h6H,5H2,1-4H3,(H2,12,16)(H,13,14,15). The van der Waals surface area contributed by atoms with Crippen molar-refractivity contribution in [3.05, 3.63) is 11.9 Å². The number of primary amides is 1. The lowest BCUT2D eigenvalue weighted by Gasteiger charge is -2.21. The highest BCUT2D eigenvalue weighted by Gasteiger charge is 2.25. The first kappa shape index (κ1) is 13.2. The van der Waals surface area contributed by atoms with Gasteiger partial charge in [-0.1, -0.05) is 0 Å². The SMILES string of the molecule is COc1ncnc(NCC(C)(C)C(N)=O)c1C. The largest absolute Gasteiger partial charge is 0.481 e. The van der Waals surface area contributed by atoms with Gasteiger partial charge in [0.1, 0.15) is 12.1 Å². The Morgan fingerprint density at radius 2 is 2.18 bits per heavy atom. The summed E-state index contributed by atoms with van der Waals surface area (Å²) in [5.41, 5.74) is 5.46. The van der Waals surface area contributed by atoms with Crippen LogP contribution >= 0.6 is 0 Å². The second-order valence-corrected chi connectivity index (χ2v) is 4.46. The monoisotopic (exact) mass is 238 g/mol. The Hall–Kier alpha value is -1.85. The number of nitrogens with one attached hydrogen (secondary N) is 1. The van der Waals surface area contributed by atoms with Gasteiger partial charge in [-0.05, 0) is 20.8 Å². The molecule has 0 aliphatic rings. The maximum Gasteiger partial charge on any atom is 0.224 e. The molecule has 6 heteroatoms. The van der Waals surface area contributed by atoms with Crippen LogP contribution in [-0.4, -0.2) is 29.5 Å². The Balaban J connectivity index is 2.80. The molecular formula is C11H18N4O2. The van der Waals surface area contributed by atoms with Gasteiger partial charge in [0.2, 0.25) is 11.8 Å². The third kappa shape index (κ3) is 3.05. The minimum atomic E-state index is -0.634. The van der Waals surface area contributed by atoms with Crippen molar-refractivity contribution < 1.29 is 9.53 Å². The van der Waals surface area contributed by atoms with E-state index in [0.717, 1.165) is 5.56 Å². The van der Waals surface area contributed by atoms with Crippen LogP contribution in [0.15, 0.2) is 6.33 Å². The number of carbonyl (C=O) groups is 1. The normalized spacial score (nSPS) is 11.1. The number of amides is 1. The van der Waals surface area contributed by atoms with E-state index in [2.05, 4.69) is 15.3 Å². The first-order chi connectivity index (χ1) is 7.88. The van der Waals surface area contributed by atoms with E-state index in [9.17, 15) is 4.79 Å². The van der Waals surface area contributed by atoms with Gasteiger partial charge in [-0.15, -0.1) is 0 Å². The molecule has 0 aromatic carbocycles. The first-order valence-corrected chi connectivity index (χ1v) is 5.28. The minimum Gasteiger partial charge on any atom is -0.481 e. The van der Waals surface area contributed by atoms with E-state index in [-0.39, 0.29) is 5.91 Å². The van der Waals surface area contributed by atoms with Crippen LogP contribution in [0.3, 0.4) is 0 Å². The van der Waals surface area contributed by atoms with Crippen molar-refractivity contribution in [2.75, 3.05) is 19.0 Å². The molecule has 0 saturated heterocycles. The smallest absolute Gasteiger partial charge is 0.224 e. The van der Waals surface area contributed by atoms with Crippen molar-refractivity contribution in [2.24, 2.45) is 11.1 Å². The fourth-order valence-corrected chi connectivity index (χ4v) is 1.21.